The number of ether oxygens (including phenoxy) is 2. The number of quaternary nitrogens is 1. The number of carbonyl (C=O) groups is 2. The molecule has 2 aromatic heterocycles. The van der Waals surface area contributed by atoms with Gasteiger partial charge in [-0.05, 0) is 43.0 Å². The molecule has 48 heavy (non-hydrogen) atoms. The first-order valence-electron chi connectivity index (χ1n) is 17.0. The number of hydrogen-bond acceptors (Lipinski definition) is 10. The smallest absolute Gasteiger partial charge is 0.327 e. The summed E-state index contributed by atoms with van der Waals surface area (Å²) in [5.74, 6) is -0.185. The molecule has 1 unspecified atom stereocenters. The van der Waals surface area contributed by atoms with Crippen LogP contribution in [0.15, 0.2) is 41.3 Å². The summed E-state index contributed by atoms with van der Waals surface area (Å²) < 4.78 is 39.7. The van der Waals surface area contributed by atoms with Gasteiger partial charge in [-0.2, -0.15) is 8.42 Å². The van der Waals surface area contributed by atoms with E-state index in [4.69, 9.17) is 9.47 Å². The molecule has 1 atom stereocenters. The first-order valence-corrected chi connectivity index (χ1v) is 19.2. The van der Waals surface area contributed by atoms with Crippen molar-refractivity contribution in [2.24, 2.45) is 11.8 Å². The largest absolute Gasteiger partial charge is 0.481 e. The van der Waals surface area contributed by atoms with Gasteiger partial charge in [-0.3, -0.25) is 9.59 Å². The van der Waals surface area contributed by atoms with E-state index < -0.39 is 15.9 Å². The average molecular weight is 721 g/mol. The van der Waals surface area contributed by atoms with Crippen molar-refractivity contribution in [3.8, 4) is 5.88 Å². The lowest BCUT2D eigenvalue weighted by molar-refractivity contribution is -0.841. The second kappa shape index (κ2) is 15.8. The zero-order valence-electron chi connectivity index (χ0n) is 27.7. The number of halogens is 1. The minimum atomic E-state index is -3.81. The number of benzene rings is 1. The van der Waals surface area contributed by atoms with Gasteiger partial charge in [-0.25, -0.2) is 13.9 Å². The lowest BCUT2D eigenvalue weighted by Gasteiger charge is -2.47. The summed E-state index contributed by atoms with van der Waals surface area (Å²) >= 11 is 1.30. The number of methoxy groups -OCH3 is 1. The fraction of sp³-hybridized carbons (Fsp3) is 0.588. The summed E-state index contributed by atoms with van der Waals surface area (Å²) in [4.78, 5) is 36.4. The van der Waals surface area contributed by atoms with E-state index in [0.29, 0.717) is 66.2 Å². The third kappa shape index (κ3) is 7.50. The Balaban J connectivity index is 0.00000451. The van der Waals surface area contributed by atoms with Gasteiger partial charge in [0.15, 0.2) is 5.13 Å². The van der Waals surface area contributed by atoms with Crippen LogP contribution in [0.5, 0.6) is 5.88 Å². The molecule has 11 nitrogen and oxygen atoms in total. The van der Waals surface area contributed by atoms with Crippen LogP contribution in [0.1, 0.15) is 76.2 Å². The molecular formula is C34H47ClN5O6S2+. The third-order valence-corrected chi connectivity index (χ3v) is 13.8. The van der Waals surface area contributed by atoms with Crippen LogP contribution in [-0.4, -0.2) is 80.1 Å². The van der Waals surface area contributed by atoms with Crippen LogP contribution < -0.4 is 15.4 Å². The van der Waals surface area contributed by atoms with Gasteiger partial charge in [0.1, 0.15) is 21.3 Å². The zero-order chi connectivity index (χ0) is 33.0. The number of nitrogens with one attached hydrogen (secondary N) is 2. The van der Waals surface area contributed by atoms with Gasteiger partial charge >= 0.3 is 16.0 Å². The van der Waals surface area contributed by atoms with E-state index in [1.165, 1.54) is 11.3 Å². The number of piperidine rings is 2. The summed E-state index contributed by atoms with van der Waals surface area (Å²) in [5.41, 5.74) is 1.48. The van der Waals surface area contributed by atoms with Crippen LogP contribution in [0.25, 0.3) is 10.3 Å². The summed E-state index contributed by atoms with van der Waals surface area (Å²) in [6.07, 6.45) is 7.69. The second-order valence-electron chi connectivity index (χ2n) is 13.1. The minimum Gasteiger partial charge on any atom is -0.481 e. The maximum atomic E-state index is 14.6. The van der Waals surface area contributed by atoms with Gasteiger partial charge in [0.05, 0.1) is 38.6 Å². The molecule has 3 fully saturated rings. The first kappa shape index (κ1) is 36.4. The monoisotopic (exact) mass is 720 g/mol. The predicted octanol–water partition coefficient (Wildman–Crippen LogP) is 5.65. The Bertz CT molecular complexity index is 1660. The highest BCUT2D eigenvalue weighted by Crippen LogP contribution is 2.40. The number of esters is 1. The SMILES string of the molecule is CCOC(=O)C1CC[N+](C2CCNCC2)(S(=O)(=O)c2ccc(C(CC3CCCC3)C(=O)Nc3nc4ccc(OC)nc4s3)cc2)CC1.Cl. The molecule has 2 aliphatic heterocycles. The minimum absolute atomic E-state index is 0. The highest BCUT2D eigenvalue weighted by Gasteiger charge is 2.52. The van der Waals surface area contributed by atoms with Crippen molar-refractivity contribution in [1.82, 2.24) is 15.3 Å². The third-order valence-electron chi connectivity index (χ3n) is 10.4. The molecule has 4 heterocycles. The maximum Gasteiger partial charge on any atom is 0.327 e. The lowest BCUT2D eigenvalue weighted by atomic mass is 9.87. The number of nitrogens with zero attached hydrogens (tertiary/aromatic N) is 3. The number of anilines is 1. The number of pyridine rings is 1. The fourth-order valence-electron chi connectivity index (χ4n) is 7.80. The van der Waals surface area contributed by atoms with Crippen molar-refractivity contribution < 1.29 is 31.4 Å². The van der Waals surface area contributed by atoms with E-state index in [1.54, 1.807) is 32.2 Å². The first-order chi connectivity index (χ1) is 22.7. The van der Waals surface area contributed by atoms with Crippen molar-refractivity contribution in [1.29, 1.82) is 0 Å². The molecule has 0 spiro atoms. The lowest BCUT2D eigenvalue weighted by Crippen LogP contribution is -2.64. The number of likely N-dealkylation sites (tertiary alicyclic amines) is 1. The summed E-state index contributed by atoms with van der Waals surface area (Å²) in [5, 5.41) is 6.87. The molecule has 1 saturated carbocycles. The summed E-state index contributed by atoms with van der Waals surface area (Å²) in [7, 11) is -2.25. The molecule has 0 bridgehead atoms. The Labute approximate surface area is 293 Å². The predicted molar refractivity (Wildman–Crippen MR) is 188 cm³/mol. The molecule has 6 rings (SSSR count). The summed E-state index contributed by atoms with van der Waals surface area (Å²) in [6, 6.07) is 10.5. The highest BCUT2D eigenvalue weighted by molar-refractivity contribution is 7.86. The van der Waals surface area contributed by atoms with Crippen LogP contribution in [0.4, 0.5) is 5.13 Å². The molecule has 3 aromatic rings. The quantitative estimate of drug-likeness (QED) is 0.190. The van der Waals surface area contributed by atoms with Crippen LogP contribution in [0.3, 0.4) is 0 Å². The molecule has 262 valence electrons. The fourth-order valence-corrected chi connectivity index (χ4v) is 10.8. The molecular weight excluding hydrogens is 674 g/mol. The molecule has 1 aromatic carbocycles. The normalized spacial score (nSPS) is 22.9. The molecule has 1 aliphatic carbocycles. The molecule has 3 aliphatic rings. The number of sulfonamides is 1. The van der Waals surface area contributed by atoms with Crippen molar-refractivity contribution in [2.75, 3.05) is 45.2 Å². The van der Waals surface area contributed by atoms with Crippen LogP contribution in [0, 0.1) is 11.8 Å². The van der Waals surface area contributed by atoms with Crippen LogP contribution in [-0.2, 0) is 24.3 Å². The molecule has 0 radical (unpaired) electrons. The van der Waals surface area contributed by atoms with E-state index in [2.05, 4.69) is 20.6 Å². The zero-order valence-corrected chi connectivity index (χ0v) is 30.1. The van der Waals surface area contributed by atoms with Crippen LogP contribution in [0.2, 0.25) is 0 Å². The van der Waals surface area contributed by atoms with Crippen LogP contribution >= 0.6 is 23.7 Å². The van der Waals surface area contributed by atoms with Crippen molar-refractivity contribution >= 4 is 61.1 Å². The van der Waals surface area contributed by atoms with Gasteiger partial charge in [0, 0.05) is 44.8 Å². The number of fused-ring (bicyclic) bond motifs is 1. The molecule has 1 amide bonds. The average Bonchev–Trinajstić information content (AvgIpc) is 3.77. The van der Waals surface area contributed by atoms with Crippen molar-refractivity contribution in [3.05, 3.63) is 42.0 Å². The Morgan fingerprint density at radius 2 is 1.69 bits per heavy atom. The number of carbonyl (C=O) groups excluding carboxylic acids is 2. The maximum absolute atomic E-state index is 14.6. The molecule has 14 heteroatoms. The van der Waals surface area contributed by atoms with Crippen molar-refractivity contribution in [3.63, 3.8) is 0 Å². The number of aromatic nitrogens is 2. The number of rotatable bonds is 11. The van der Waals surface area contributed by atoms with Gasteiger partial charge in [-0.1, -0.05) is 49.2 Å². The Morgan fingerprint density at radius 1 is 1.00 bits per heavy atom. The number of thiazole rings is 1. The van der Waals surface area contributed by atoms with E-state index in [0.717, 1.165) is 57.2 Å². The van der Waals surface area contributed by atoms with Crippen molar-refractivity contribution in [2.45, 2.75) is 81.6 Å². The topological polar surface area (TPSA) is 137 Å². The Kier molecular flexibility index (Phi) is 12.0. The Morgan fingerprint density at radius 3 is 2.33 bits per heavy atom. The standard InChI is InChI=1S/C34H45N5O6S2.ClH/c1-3-45-33(41)25-16-20-39(21-17-25,26-14-18-35-19-15-26)47(42,43)27-10-8-24(9-11-27)28(22-23-6-4-5-7-23)31(40)38-34-36-29-12-13-30(44-2)37-32(29)46-34;/h8-13,23,25-26,28,35H,3-7,14-22H2,1-2H3;1H/p+1. The molecule has 2 N–H and O–H groups in total. The Hall–Kier alpha value is -2.84. The van der Waals surface area contributed by atoms with Gasteiger partial charge in [0.2, 0.25) is 11.8 Å². The van der Waals surface area contributed by atoms with E-state index >= 15 is 0 Å². The van der Waals surface area contributed by atoms with E-state index in [-0.39, 0.29) is 45.0 Å². The van der Waals surface area contributed by atoms with E-state index in [9.17, 15) is 18.0 Å². The highest BCUT2D eigenvalue weighted by atomic mass is 35.5. The number of amides is 1. The van der Waals surface area contributed by atoms with Gasteiger partial charge in [0.25, 0.3) is 0 Å². The summed E-state index contributed by atoms with van der Waals surface area (Å²) in [6.45, 7) is 4.43. The molecule has 2 saturated heterocycles. The van der Waals surface area contributed by atoms with Gasteiger partial charge < -0.3 is 20.1 Å². The van der Waals surface area contributed by atoms with Gasteiger partial charge in [-0.15, -0.1) is 12.4 Å². The second-order valence-corrected chi connectivity index (χ2v) is 16.2. The number of hydrogen-bond donors (Lipinski definition) is 2. The van der Waals surface area contributed by atoms with E-state index in [1.807, 2.05) is 18.2 Å².